The zero-order valence-corrected chi connectivity index (χ0v) is 15.0. The van der Waals surface area contributed by atoms with Gasteiger partial charge in [0.05, 0.1) is 15.5 Å². The quantitative estimate of drug-likeness (QED) is 0.376. The molecule has 28 heavy (non-hydrogen) atoms. The van der Waals surface area contributed by atoms with Crippen LogP contribution in [0.2, 0.25) is 0 Å². The van der Waals surface area contributed by atoms with Crippen molar-refractivity contribution in [2.24, 2.45) is 0 Å². The lowest BCUT2D eigenvalue weighted by atomic mass is 10.1. The number of nitrogens with one attached hydrogen (secondary N) is 1. The molecule has 0 bridgehead atoms. The maximum Gasteiger partial charge on any atom is 0.269 e. The highest BCUT2D eigenvalue weighted by Crippen LogP contribution is 2.26. The Balaban J connectivity index is 1.63. The predicted molar refractivity (Wildman–Crippen MR) is 105 cm³/mol. The maximum atomic E-state index is 12.0. The first kappa shape index (κ1) is 18.9. The van der Waals surface area contributed by atoms with Gasteiger partial charge >= 0.3 is 0 Å². The van der Waals surface area contributed by atoms with Crippen molar-refractivity contribution in [2.75, 3.05) is 5.32 Å². The fourth-order valence-electron chi connectivity index (χ4n) is 2.24. The monoisotopic (exact) mass is 396 g/mol. The van der Waals surface area contributed by atoms with Crippen molar-refractivity contribution in [2.45, 2.75) is 0 Å². The molecule has 0 saturated heterocycles. The standard InChI is InChI=1S/C18H12N4O5S/c23-17(10-3-12-1-6-14(7-2-12)21(24)25)20-18-19-16(11-28-18)13-4-8-15(9-5-13)22(26)27/h1-11H,(H,19,20,23)/b10-3+. The molecule has 0 atom stereocenters. The van der Waals surface area contributed by atoms with Crippen LogP contribution in [-0.2, 0) is 4.79 Å². The van der Waals surface area contributed by atoms with Gasteiger partial charge in [0, 0.05) is 41.3 Å². The minimum Gasteiger partial charge on any atom is -0.298 e. The van der Waals surface area contributed by atoms with Crippen LogP contribution in [0.15, 0.2) is 60.0 Å². The van der Waals surface area contributed by atoms with Crippen LogP contribution in [0.5, 0.6) is 0 Å². The summed E-state index contributed by atoms with van der Waals surface area (Å²) in [6.07, 6.45) is 2.83. The maximum absolute atomic E-state index is 12.0. The molecule has 10 heteroatoms. The number of nitro groups is 2. The van der Waals surface area contributed by atoms with E-state index in [1.807, 2.05) is 0 Å². The number of hydrogen-bond acceptors (Lipinski definition) is 7. The van der Waals surface area contributed by atoms with Gasteiger partial charge in [0.2, 0.25) is 5.91 Å². The molecule has 1 amide bonds. The van der Waals surface area contributed by atoms with Crippen LogP contribution >= 0.6 is 11.3 Å². The number of nitrogens with zero attached hydrogens (tertiary/aromatic N) is 3. The van der Waals surface area contributed by atoms with Crippen LogP contribution in [-0.4, -0.2) is 20.7 Å². The molecule has 0 saturated carbocycles. The molecule has 0 spiro atoms. The number of benzene rings is 2. The number of amides is 1. The van der Waals surface area contributed by atoms with Gasteiger partial charge in [-0.15, -0.1) is 11.3 Å². The van der Waals surface area contributed by atoms with Crippen LogP contribution in [0.4, 0.5) is 16.5 Å². The van der Waals surface area contributed by atoms with E-state index in [1.165, 1.54) is 59.9 Å². The van der Waals surface area contributed by atoms with E-state index in [1.54, 1.807) is 17.5 Å². The predicted octanol–water partition coefficient (Wildman–Crippen LogP) is 4.28. The van der Waals surface area contributed by atoms with E-state index in [0.717, 1.165) is 0 Å². The first-order chi connectivity index (χ1) is 13.4. The third kappa shape index (κ3) is 4.62. The number of anilines is 1. The van der Waals surface area contributed by atoms with Crippen molar-refractivity contribution in [1.82, 2.24) is 4.98 Å². The Hall–Kier alpha value is -3.92. The molecule has 1 heterocycles. The largest absolute Gasteiger partial charge is 0.298 e. The second kappa shape index (κ2) is 8.18. The van der Waals surface area contributed by atoms with Crippen molar-refractivity contribution in [3.8, 4) is 11.3 Å². The summed E-state index contributed by atoms with van der Waals surface area (Å²) in [7, 11) is 0. The summed E-state index contributed by atoms with van der Waals surface area (Å²) in [6, 6.07) is 11.8. The molecule has 0 aliphatic heterocycles. The summed E-state index contributed by atoms with van der Waals surface area (Å²) in [5, 5.41) is 26.1. The number of non-ortho nitro benzene ring substituents is 2. The summed E-state index contributed by atoms with van der Waals surface area (Å²) in [6.45, 7) is 0. The Morgan fingerprint density at radius 2 is 1.54 bits per heavy atom. The van der Waals surface area contributed by atoms with E-state index in [4.69, 9.17) is 0 Å². The minimum absolute atomic E-state index is 0.0103. The average Bonchev–Trinajstić information content (AvgIpc) is 3.15. The van der Waals surface area contributed by atoms with Crippen molar-refractivity contribution >= 4 is 39.8 Å². The van der Waals surface area contributed by atoms with E-state index in [2.05, 4.69) is 10.3 Å². The van der Waals surface area contributed by atoms with Gasteiger partial charge in [0.1, 0.15) is 0 Å². The molecule has 1 aromatic heterocycles. The Kier molecular flexibility index (Phi) is 5.51. The second-order valence-corrected chi connectivity index (χ2v) is 6.37. The fraction of sp³-hybridized carbons (Fsp3) is 0. The molecule has 3 aromatic rings. The van der Waals surface area contributed by atoms with Gasteiger partial charge in [-0.25, -0.2) is 4.98 Å². The molecular formula is C18H12N4O5S. The summed E-state index contributed by atoms with van der Waals surface area (Å²) in [5.74, 6) is -0.400. The van der Waals surface area contributed by atoms with Crippen LogP contribution in [0.25, 0.3) is 17.3 Å². The van der Waals surface area contributed by atoms with Crippen LogP contribution in [0.3, 0.4) is 0 Å². The molecule has 0 aliphatic rings. The first-order valence-corrected chi connectivity index (χ1v) is 8.74. The average molecular weight is 396 g/mol. The molecular weight excluding hydrogens is 384 g/mol. The molecule has 0 unspecified atom stereocenters. The van der Waals surface area contributed by atoms with E-state index in [9.17, 15) is 25.0 Å². The molecule has 140 valence electrons. The number of carbonyl (C=O) groups excluding carboxylic acids is 1. The highest BCUT2D eigenvalue weighted by atomic mass is 32.1. The number of aromatic nitrogens is 1. The van der Waals surface area contributed by atoms with Gasteiger partial charge in [0.25, 0.3) is 11.4 Å². The van der Waals surface area contributed by atoms with Gasteiger partial charge in [-0.2, -0.15) is 0 Å². The third-order valence-corrected chi connectivity index (χ3v) is 4.40. The SMILES string of the molecule is O=C(/C=C/c1ccc([N+](=O)[O-])cc1)Nc1nc(-c2ccc([N+](=O)[O-])cc2)cs1. The van der Waals surface area contributed by atoms with Crippen molar-refractivity contribution < 1.29 is 14.6 Å². The highest BCUT2D eigenvalue weighted by molar-refractivity contribution is 7.14. The Labute approximate surface area is 162 Å². The topological polar surface area (TPSA) is 128 Å². The van der Waals surface area contributed by atoms with Crippen LogP contribution < -0.4 is 5.32 Å². The molecule has 0 fully saturated rings. The Morgan fingerprint density at radius 1 is 0.964 bits per heavy atom. The Bertz CT molecular complexity index is 1060. The second-order valence-electron chi connectivity index (χ2n) is 5.51. The summed E-state index contributed by atoms with van der Waals surface area (Å²) < 4.78 is 0. The molecule has 2 aromatic carbocycles. The summed E-state index contributed by atoms with van der Waals surface area (Å²) in [5.41, 5.74) is 1.90. The van der Waals surface area contributed by atoms with Gasteiger partial charge < -0.3 is 0 Å². The molecule has 0 radical (unpaired) electrons. The number of carbonyl (C=O) groups is 1. The van der Waals surface area contributed by atoms with Crippen LogP contribution in [0.1, 0.15) is 5.56 Å². The molecule has 3 rings (SSSR count). The summed E-state index contributed by atoms with van der Waals surface area (Å²) in [4.78, 5) is 36.6. The zero-order valence-electron chi connectivity index (χ0n) is 14.1. The molecule has 1 N–H and O–H groups in total. The number of rotatable bonds is 6. The molecule has 9 nitrogen and oxygen atoms in total. The fourth-order valence-corrected chi connectivity index (χ4v) is 2.97. The number of thiazole rings is 1. The van der Waals surface area contributed by atoms with E-state index in [-0.39, 0.29) is 11.4 Å². The molecule has 0 aliphatic carbocycles. The highest BCUT2D eigenvalue weighted by Gasteiger charge is 2.09. The minimum atomic E-state index is -0.495. The smallest absolute Gasteiger partial charge is 0.269 e. The lowest BCUT2D eigenvalue weighted by Gasteiger charge is -1.98. The van der Waals surface area contributed by atoms with Gasteiger partial charge in [-0.3, -0.25) is 30.3 Å². The lowest BCUT2D eigenvalue weighted by Crippen LogP contribution is -2.07. The van der Waals surface area contributed by atoms with Gasteiger partial charge in [0.15, 0.2) is 5.13 Å². The zero-order chi connectivity index (χ0) is 20.1. The third-order valence-electron chi connectivity index (χ3n) is 3.64. The lowest BCUT2D eigenvalue weighted by molar-refractivity contribution is -0.385. The van der Waals surface area contributed by atoms with Crippen molar-refractivity contribution in [3.63, 3.8) is 0 Å². The van der Waals surface area contributed by atoms with Crippen molar-refractivity contribution in [1.29, 1.82) is 0 Å². The Morgan fingerprint density at radius 3 is 2.11 bits per heavy atom. The van der Waals surface area contributed by atoms with Gasteiger partial charge in [-0.05, 0) is 35.9 Å². The number of nitro benzene ring substituents is 2. The van der Waals surface area contributed by atoms with E-state index >= 15 is 0 Å². The van der Waals surface area contributed by atoms with Gasteiger partial charge in [-0.1, -0.05) is 0 Å². The number of hydrogen-bond donors (Lipinski definition) is 1. The van der Waals surface area contributed by atoms with E-state index in [0.29, 0.717) is 22.0 Å². The van der Waals surface area contributed by atoms with E-state index < -0.39 is 15.8 Å². The first-order valence-electron chi connectivity index (χ1n) is 7.86. The van der Waals surface area contributed by atoms with Crippen LogP contribution in [0, 0.1) is 20.2 Å². The normalized spacial score (nSPS) is 10.7. The summed E-state index contributed by atoms with van der Waals surface area (Å²) >= 11 is 1.22. The van der Waals surface area contributed by atoms with Crippen molar-refractivity contribution in [3.05, 3.63) is 85.8 Å².